The summed E-state index contributed by atoms with van der Waals surface area (Å²) >= 11 is 0. The quantitative estimate of drug-likeness (QED) is 0.728. The zero-order chi connectivity index (χ0) is 13.9. The van der Waals surface area contributed by atoms with Crippen molar-refractivity contribution in [3.05, 3.63) is 42.5 Å². The maximum atomic E-state index is 10.4. The lowest BCUT2D eigenvalue weighted by molar-refractivity contribution is -0.302. The van der Waals surface area contributed by atoms with Gasteiger partial charge in [-0.15, -0.1) is 0 Å². The molecule has 0 unspecified atom stereocenters. The van der Waals surface area contributed by atoms with Crippen molar-refractivity contribution < 1.29 is 9.90 Å². The molecule has 6 heteroatoms. The largest absolute Gasteiger partial charge is 0.548 e. The second-order valence-electron chi connectivity index (χ2n) is 4.33. The summed E-state index contributed by atoms with van der Waals surface area (Å²) in [6.45, 7) is -0.204. The first kappa shape index (κ1) is 12.2. The van der Waals surface area contributed by atoms with Gasteiger partial charge in [-0.25, -0.2) is 0 Å². The van der Waals surface area contributed by atoms with Crippen LogP contribution >= 0.6 is 0 Å². The SMILES string of the molecule is O=C([O-])CNc1ccc(-c2ccc3n[nH]nc3c2)cc1. The van der Waals surface area contributed by atoms with Crippen LogP contribution in [-0.2, 0) is 4.79 Å². The van der Waals surface area contributed by atoms with Crippen molar-refractivity contribution in [3.63, 3.8) is 0 Å². The third-order valence-electron chi connectivity index (χ3n) is 2.97. The number of hydrogen-bond acceptors (Lipinski definition) is 5. The third kappa shape index (κ3) is 2.44. The van der Waals surface area contributed by atoms with Gasteiger partial charge in [-0.3, -0.25) is 0 Å². The number of carboxylic acids is 1. The number of nitrogens with one attached hydrogen (secondary N) is 2. The molecule has 0 radical (unpaired) electrons. The molecular formula is C14H11N4O2-. The van der Waals surface area contributed by atoms with Gasteiger partial charge in [0.15, 0.2) is 0 Å². The number of hydrogen-bond donors (Lipinski definition) is 2. The molecule has 2 aromatic carbocycles. The Labute approximate surface area is 114 Å². The van der Waals surface area contributed by atoms with Gasteiger partial charge < -0.3 is 15.2 Å². The van der Waals surface area contributed by atoms with Crippen molar-refractivity contribution in [2.45, 2.75) is 0 Å². The Morgan fingerprint density at radius 1 is 1.05 bits per heavy atom. The fourth-order valence-electron chi connectivity index (χ4n) is 1.97. The number of carbonyl (C=O) groups excluding carboxylic acids is 1. The summed E-state index contributed by atoms with van der Waals surface area (Å²) in [5, 5.41) is 23.8. The highest BCUT2D eigenvalue weighted by Crippen LogP contribution is 2.23. The molecular weight excluding hydrogens is 256 g/mol. The molecule has 6 nitrogen and oxygen atoms in total. The predicted octanol–water partition coefficient (Wildman–Crippen LogP) is 0.787. The Bertz CT molecular complexity index is 749. The lowest BCUT2D eigenvalue weighted by Gasteiger charge is -2.08. The number of anilines is 1. The van der Waals surface area contributed by atoms with Crippen molar-refractivity contribution in [3.8, 4) is 11.1 Å². The first-order valence-electron chi connectivity index (χ1n) is 6.07. The first-order chi connectivity index (χ1) is 9.72. The highest BCUT2D eigenvalue weighted by atomic mass is 16.4. The van der Waals surface area contributed by atoms with Gasteiger partial charge in [-0.2, -0.15) is 15.4 Å². The van der Waals surface area contributed by atoms with Crippen molar-refractivity contribution in [1.82, 2.24) is 15.4 Å². The number of aromatic nitrogens is 3. The lowest BCUT2D eigenvalue weighted by Crippen LogP contribution is -2.30. The van der Waals surface area contributed by atoms with E-state index in [1.54, 1.807) is 0 Å². The second-order valence-corrected chi connectivity index (χ2v) is 4.33. The van der Waals surface area contributed by atoms with Crippen LogP contribution in [0.15, 0.2) is 42.5 Å². The topological polar surface area (TPSA) is 93.7 Å². The Hall–Kier alpha value is -2.89. The van der Waals surface area contributed by atoms with Crippen molar-refractivity contribution >= 4 is 22.7 Å². The Kier molecular flexibility index (Phi) is 3.04. The van der Waals surface area contributed by atoms with Crippen LogP contribution in [0.1, 0.15) is 0 Å². The Morgan fingerprint density at radius 2 is 1.75 bits per heavy atom. The molecule has 1 heterocycles. The zero-order valence-corrected chi connectivity index (χ0v) is 10.5. The molecule has 20 heavy (non-hydrogen) atoms. The standard InChI is InChI=1S/C14H12N4O2/c19-14(20)8-15-11-4-1-9(2-5-11)10-3-6-12-13(7-10)17-18-16-12/h1-7,15H,8H2,(H,19,20)(H,16,17,18)/p-1. The van der Waals surface area contributed by atoms with E-state index in [1.807, 2.05) is 42.5 Å². The molecule has 3 aromatic rings. The van der Waals surface area contributed by atoms with E-state index in [0.717, 1.165) is 27.8 Å². The average Bonchev–Trinajstić information content (AvgIpc) is 2.93. The minimum atomic E-state index is -1.13. The molecule has 0 aliphatic carbocycles. The zero-order valence-electron chi connectivity index (χ0n) is 10.5. The van der Waals surface area contributed by atoms with Crippen LogP contribution in [0, 0.1) is 0 Å². The van der Waals surface area contributed by atoms with Crippen LogP contribution in [0.5, 0.6) is 0 Å². The van der Waals surface area contributed by atoms with E-state index in [9.17, 15) is 9.90 Å². The summed E-state index contributed by atoms with van der Waals surface area (Å²) in [5.74, 6) is -1.13. The monoisotopic (exact) mass is 267 g/mol. The highest BCUT2D eigenvalue weighted by Gasteiger charge is 2.02. The molecule has 0 amide bonds. The lowest BCUT2D eigenvalue weighted by atomic mass is 10.0. The fraction of sp³-hybridized carbons (Fsp3) is 0.0714. The van der Waals surface area contributed by atoms with Crippen molar-refractivity contribution in [2.75, 3.05) is 11.9 Å². The minimum absolute atomic E-state index is 0.204. The van der Waals surface area contributed by atoms with Gasteiger partial charge >= 0.3 is 0 Å². The number of fused-ring (bicyclic) bond motifs is 1. The number of aromatic amines is 1. The molecule has 0 bridgehead atoms. The van der Waals surface area contributed by atoms with Gasteiger partial charge in [-0.1, -0.05) is 18.2 Å². The van der Waals surface area contributed by atoms with Crippen molar-refractivity contribution in [1.29, 1.82) is 0 Å². The van der Waals surface area contributed by atoms with Crippen LogP contribution in [0.25, 0.3) is 22.2 Å². The average molecular weight is 267 g/mol. The molecule has 0 aliphatic rings. The van der Waals surface area contributed by atoms with Gasteiger partial charge in [0.05, 0.1) is 12.5 Å². The van der Waals surface area contributed by atoms with E-state index in [0.29, 0.717) is 0 Å². The van der Waals surface area contributed by atoms with Gasteiger partial charge in [-0.05, 0) is 35.4 Å². The molecule has 0 fully saturated rings. The van der Waals surface area contributed by atoms with E-state index >= 15 is 0 Å². The maximum Gasteiger partial charge on any atom is 0.113 e. The Morgan fingerprint density at radius 3 is 2.50 bits per heavy atom. The molecule has 2 N–H and O–H groups in total. The number of nitrogens with zero attached hydrogens (tertiary/aromatic N) is 2. The van der Waals surface area contributed by atoms with Crippen LogP contribution in [-0.4, -0.2) is 27.9 Å². The van der Waals surface area contributed by atoms with Crippen LogP contribution < -0.4 is 10.4 Å². The van der Waals surface area contributed by atoms with Crippen molar-refractivity contribution in [2.24, 2.45) is 0 Å². The highest BCUT2D eigenvalue weighted by molar-refractivity contribution is 5.81. The van der Waals surface area contributed by atoms with Gasteiger partial charge in [0.1, 0.15) is 11.0 Å². The fourth-order valence-corrected chi connectivity index (χ4v) is 1.97. The van der Waals surface area contributed by atoms with Gasteiger partial charge in [0.25, 0.3) is 0 Å². The Balaban J connectivity index is 1.84. The van der Waals surface area contributed by atoms with Crippen LogP contribution in [0.2, 0.25) is 0 Å². The van der Waals surface area contributed by atoms with E-state index in [-0.39, 0.29) is 6.54 Å². The smallest absolute Gasteiger partial charge is 0.113 e. The summed E-state index contributed by atoms with van der Waals surface area (Å²) in [7, 11) is 0. The summed E-state index contributed by atoms with van der Waals surface area (Å²) in [5.41, 5.74) is 4.41. The van der Waals surface area contributed by atoms with Gasteiger partial charge in [0.2, 0.25) is 0 Å². The van der Waals surface area contributed by atoms with Crippen LogP contribution in [0.4, 0.5) is 5.69 Å². The number of carboxylic acid groups (broad SMARTS) is 1. The van der Waals surface area contributed by atoms with Crippen LogP contribution in [0.3, 0.4) is 0 Å². The number of benzene rings is 2. The maximum absolute atomic E-state index is 10.4. The van der Waals surface area contributed by atoms with E-state index in [1.165, 1.54) is 0 Å². The van der Waals surface area contributed by atoms with E-state index < -0.39 is 5.97 Å². The van der Waals surface area contributed by atoms with E-state index in [2.05, 4.69) is 20.7 Å². The summed E-state index contributed by atoms with van der Waals surface area (Å²) in [6.07, 6.45) is 0. The van der Waals surface area contributed by atoms with Gasteiger partial charge in [0, 0.05) is 5.69 Å². The summed E-state index contributed by atoms with van der Waals surface area (Å²) in [4.78, 5) is 10.4. The number of aliphatic carboxylic acids is 1. The second kappa shape index (κ2) is 5.00. The number of H-pyrrole nitrogens is 1. The normalized spacial score (nSPS) is 10.6. The molecule has 0 saturated heterocycles. The minimum Gasteiger partial charge on any atom is -0.548 e. The molecule has 3 rings (SSSR count). The predicted molar refractivity (Wildman–Crippen MR) is 72.8 cm³/mol. The number of carbonyl (C=O) groups is 1. The first-order valence-corrected chi connectivity index (χ1v) is 6.07. The summed E-state index contributed by atoms with van der Waals surface area (Å²) in [6, 6.07) is 13.3. The third-order valence-corrected chi connectivity index (χ3v) is 2.97. The molecule has 0 aliphatic heterocycles. The molecule has 0 atom stereocenters. The molecule has 0 spiro atoms. The van der Waals surface area contributed by atoms with E-state index in [4.69, 9.17) is 0 Å². The molecule has 100 valence electrons. The summed E-state index contributed by atoms with van der Waals surface area (Å²) < 4.78 is 0. The number of rotatable bonds is 4. The molecule has 0 saturated carbocycles. The molecule has 1 aromatic heterocycles.